The summed E-state index contributed by atoms with van der Waals surface area (Å²) in [6, 6.07) is 14.7. The van der Waals surface area contributed by atoms with Crippen LogP contribution in [0.3, 0.4) is 0 Å². The number of carbonyl (C=O) groups is 1. The van der Waals surface area contributed by atoms with E-state index in [-0.39, 0.29) is 37.0 Å². The molecule has 0 N–H and O–H groups in total. The molecule has 180 valence electrons. The van der Waals surface area contributed by atoms with Gasteiger partial charge in [0.25, 0.3) is 5.91 Å². The van der Waals surface area contributed by atoms with E-state index in [1.54, 1.807) is 59.5 Å². The number of amides is 1. The fourth-order valence-electron chi connectivity index (χ4n) is 3.49. The second kappa shape index (κ2) is 10.1. The molecule has 9 nitrogen and oxygen atoms in total. The lowest BCUT2D eigenvalue weighted by molar-refractivity contribution is -0.140. The van der Waals surface area contributed by atoms with Crippen LogP contribution in [0.15, 0.2) is 59.5 Å². The Morgan fingerprint density at radius 1 is 0.970 bits per heavy atom. The Labute approximate surface area is 195 Å². The Morgan fingerprint density at radius 2 is 1.55 bits per heavy atom. The van der Waals surface area contributed by atoms with Crippen molar-refractivity contribution < 1.29 is 26.4 Å². The van der Waals surface area contributed by atoms with Gasteiger partial charge in [0.1, 0.15) is 5.75 Å². The van der Waals surface area contributed by atoms with Gasteiger partial charge in [0.15, 0.2) is 6.10 Å². The van der Waals surface area contributed by atoms with Crippen LogP contribution in [0.2, 0.25) is 0 Å². The third kappa shape index (κ3) is 5.84. The van der Waals surface area contributed by atoms with Gasteiger partial charge >= 0.3 is 0 Å². The largest absolute Gasteiger partial charge is 0.481 e. The molecule has 0 aromatic heterocycles. The van der Waals surface area contributed by atoms with Gasteiger partial charge in [-0.3, -0.25) is 9.10 Å². The highest BCUT2D eigenvalue weighted by Crippen LogP contribution is 2.23. The molecule has 0 aliphatic carbocycles. The molecule has 0 bridgehead atoms. The molecule has 1 saturated heterocycles. The summed E-state index contributed by atoms with van der Waals surface area (Å²) in [6.07, 6.45) is 0.834. The molecule has 1 aliphatic rings. The van der Waals surface area contributed by atoms with Crippen LogP contribution in [-0.2, 0) is 24.8 Å². The van der Waals surface area contributed by atoms with Crippen LogP contribution in [0, 0.1) is 0 Å². The summed E-state index contributed by atoms with van der Waals surface area (Å²) in [4.78, 5) is 14.9. The molecule has 0 saturated carbocycles. The minimum atomic E-state index is -3.59. The van der Waals surface area contributed by atoms with Crippen LogP contribution in [0.25, 0.3) is 0 Å². The number of hydrogen-bond acceptors (Lipinski definition) is 6. The predicted molar refractivity (Wildman–Crippen MR) is 126 cm³/mol. The Balaban J connectivity index is 1.61. The summed E-state index contributed by atoms with van der Waals surface area (Å²) in [5.41, 5.74) is 0.486. The second-order valence-corrected chi connectivity index (χ2v) is 11.7. The van der Waals surface area contributed by atoms with Gasteiger partial charge in [-0.15, -0.1) is 0 Å². The zero-order chi connectivity index (χ0) is 24.2. The van der Waals surface area contributed by atoms with Crippen molar-refractivity contribution in [2.75, 3.05) is 43.8 Å². The summed E-state index contributed by atoms with van der Waals surface area (Å²) < 4.78 is 57.3. The minimum absolute atomic E-state index is 0.202. The van der Waals surface area contributed by atoms with E-state index < -0.39 is 26.2 Å². The monoisotopic (exact) mass is 495 g/mol. The van der Waals surface area contributed by atoms with Gasteiger partial charge in [0.05, 0.1) is 16.8 Å². The third-order valence-electron chi connectivity index (χ3n) is 5.55. The van der Waals surface area contributed by atoms with E-state index in [1.165, 1.54) is 11.4 Å². The van der Waals surface area contributed by atoms with Crippen molar-refractivity contribution in [1.29, 1.82) is 0 Å². The van der Waals surface area contributed by atoms with Gasteiger partial charge in [0.2, 0.25) is 20.0 Å². The molecule has 2 aromatic carbocycles. The highest BCUT2D eigenvalue weighted by atomic mass is 32.2. The predicted octanol–water partition coefficient (Wildman–Crippen LogP) is 1.77. The molecule has 0 spiro atoms. The van der Waals surface area contributed by atoms with Crippen LogP contribution >= 0.6 is 0 Å². The molecule has 33 heavy (non-hydrogen) atoms. The average Bonchev–Trinajstić information content (AvgIpc) is 2.82. The number of sulfonamides is 2. The van der Waals surface area contributed by atoms with Crippen molar-refractivity contribution >= 4 is 31.6 Å². The van der Waals surface area contributed by atoms with Gasteiger partial charge in [0, 0.05) is 33.2 Å². The van der Waals surface area contributed by atoms with Crippen molar-refractivity contribution in [3.05, 3.63) is 54.6 Å². The molecule has 2 aromatic rings. The second-order valence-electron chi connectivity index (χ2n) is 7.78. The van der Waals surface area contributed by atoms with E-state index >= 15 is 0 Å². The number of piperazine rings is 1. The van der Waals surface area contributed by atoms with E-state index in [9.17, 15) is 21.6 Å². The zero-order valence-electron chi connectivity index (χ0n) is 18.9. The molecular formula is C22H29N3O6S2. The van der Waals surface area contributed by atoms with Crippen LogP contribution in [0.4, 0.5) is 5.69 Å². The van der Waals surface area contributed by atoms with Crippen LogP contribution in [0.5, 0.6) is 5.75 Å². The highest BCUT2D eigenvalue weighted by Gasteiger charge is 2.32. The summed E-state index contributed by atoms with van der Waals surface area (Å²) >= 11 is 0. The summed E-state index contributed by atoms with van der Waals surface area (Å²) in [6.45, 7) is 2.83. The smallest absolute Gasteiger partial charge is 0.263 e. The van der Waals surface area contributed by atoms with Gasteiger partial charge in [-0.1, -0.05) is 25.1 Å². The van der Waals surface area contributed by atoms with E-state index in [0.717, 1.165) is 10.6 Å². The summed E-state index contributed by atoms with van der Waals surface area (Å²) in [5, 5.41) is 0. The molecule has 0 unspecified atom stereocenters. The standard InChI is InChI=1S/C22H29N3O6S2/c1-4-21(31-19-12-10-18(11-13-19)23(2)32(3,27)28)22(26)24-14-16-25(17-15-24)33(29,30)20-8-6-5-7-9-20/h5-13,21H,4,14-17H2,1-3H3/t21-/m0/s1. The van der Waals surface area contributed by atoms with Crippen molar-refractivity contribution in [2.45, 2.75) is 24.3 Å². The van der Waals surface area contributed by atoms with Crippen molar-refractivity contribution in [3.63, 3.8) is 0 Å². The topological polar surface area (TPSA) is 104 Å². The van der Waals surface area contributed by atoms with Crippen molar-refractivity contribution in [2.24, 2.45) is 0 Å². The molecule has 1 aliphatic heterocycles. The van der Waals surface area contributed by atoms with Gasteiger partial charge < -0.3 is 9.64 Å². The number of benzene rings is 2. The first-order valence-corrected chi connectivity index (χ1v) is 13.9. The Hall–Kier alpha value is -2.63. The lowest BCUT2D eigenvalue weighted by atomic mass is 10.2. The van der Waals surface area contributed by atoms with Crippen LogP contribution in [0.1, 0.15) is 13.3 Å². The van der Waals surface area contributed by atoms with Crippen molar-refractivity contribution in [1.82, 2.24) is 9.21 Å². The van der Waals surface area contributed by atoms with E-state index in [1.807, 2.05) is 6.92 Å². The Bertz CT molecular complexity index is 1160. The van der Waals surface area contributed by atoms with Gasteiger partial charge in [-0.25, -0.2) is 16.8 Å². The first kappa shape index (κ1) is 25.0. The molecule has 1 heterocycles. The third-order valence-corrected chi connectivity index (χ3v) is 8.67. The maximum absolute atomic E-state index is 13.0. The lowest BCUT2D eigenvalue weighted by Crippen LogP contribution is -2.53. The summed E-state index contributed by atoms with van der Waals surface area (Å²) in [5.74, 6) is 0.248. The molecule has 1 fully saturated rings. The first-order chi connectivity index (χ1) is 15.5. The number of rotatable bonds is 8. The normalized spacial score (nSPS) is 16.3. The number of ether oxygens (including phenoxy) is 1. The quantitative estimate of drug-likeness (QED) is 0.553. The molecule has 1 amide bonds. The maximum Gasteiger partial charge on any atom is 0.263 e. The first-order valence-electron chi connectivity index (χ1n) is 10.6. The SMILES string of the molecule is CC[C@H](Oc1ccc(N(C)S(C)(=O)=O)cc1)C(=O)N1CCN(S(=O)(=O)c2ccccc2)CC1. The maximum atomic E-state index is 13.0. The number of anilines is 1. The highest BCUT2D eigenvalue weighted by molar-refractivity contribution is 7.92. The molecule has 1 atom stereocenters. The van der Waals surface area contributed by atoms with Crippen LogP contribution in [-0.4, -0.2) is 77.5 Å². The van der Waals surface area contributed by atoms with Gasteiger partial charge in [-0.05, 0) is 42.8 Å². The van der Waals surface area contributed by atoms with E-state index in [2.05, 4.69) is 0 Å². The average molecular weight is 496 g/mol. The number of nitrogens with zero attached hydrogens (tertiary/aromatic N) is 3. The molecule has 11 heteroatoms. The van der Waals surface area contributed by atoms with Gasteiger partial charge in [-0.2, -0.15) is 4.31 Å². The van der Waals surface area contributed by atoms with Crippen molar-refractivity contribution in [3.8, 4) is 5.75 Å². The molecule has 3 rings (SSSR count). The lowest BCUT2D eigenvalue weighted by Gasteiger charge is -2.35. The Morgan fingerprint density at radius 3 is 2.06 bits per heavy atom. The number of hydrogen-bond donors (Lipinski definition) is 0. The Kier molecular flexibility index (Phi) is 7.65. The zero-order valence-corrected chi connectivity index (χ0v) is 20.5. The van der Waals surface area contributed by atoms with E-state index in [0.29, 0.717) is 17.9 Å². The fraction of sp³-hybridized carbons (Fsp3) is 0.409. The fourth-order valence-corrected chi connectivity index (χ4v) is 5.44. The molecule has 0 radical (unpaired) electrons. The summed E-state index contributed by atoms with van der Waals surface area (Å²) in [7, 11) is -5.50. The minimum Gasteiger partial charge on any atom is -0.481 e. The van der Waals surface area contributed by atoms with Crippen LogP contribution < -0.4 is 9.04 Å². The number of carbonyl (C=O) groups excluding carboxylic acids is 1. The van der Waals surface area contributed by atoms with E-state index in [4.69, 9.17) is 4.74 Å². The molecular weight excluding hydrogens is 466 g/mol.